The summed E-state index contributed by atoms with van der Waals surface area (Å²) in [6.45, 7) is 2.00. The molecule has 2 heterocycles. The summed E-state index contributed by atoms with van der Waals surface area (Å²) in [7, 11) is -32.1. The number of aromatic nitrogens is 6. The summed E-state index contributed by atoms with van der Waals surface area (Å²) in [5.74, 6) is -2.46. The van der Waals surface area contributed by atoms with Crippen LogP contribution in [0.5, 0.6) is 0 Å². The van der Waals surface area contributed by atoms with Crippen molar-refractivity contribution in [1.29, 1.82) is 10.5 Å². The first-order chi connectivity index (χ1) is 38.9. The van der Waals surface area contributed by atoms with E-state index in [1.807, 2.05) is 12.1 Å². The van der Waals surface area contributed by atoms with E-state index in [2.05, 4.69) is 40.5 Å². The molecule has 6 aromatic rings. The molecule has 0 aliphatic heterocycles. The fraction of sp³-hybridized carbons (Fsp3) is 0.261. The van der Waals surface area contributed by atoms with Gasteiger partial charge in [-0.2, -0.15) is 40.4 Å². The van der Waals surface area contributed by atoms with Gasteiger partial charge in [0.2, 0.25) is 23.8 Å². The summed E-state index contributed by atoms with van der Waals surface area (Å²) in [6, 6.07) is 13.4. The van der Waals surface area contributed by atoms with Gasteiger partial charge in [0.05, 0.1) is 72.2 Å². The van der Waals surface area contributed by atoms with E-state index in [1.54, 1.807) is 0 Å². The van der Waals surface area contributed by atoms with E-state index in [9.17, 15) is 98.6 Å². The van der Waals surface area contributed by atoms with Gasteiger partial charge in [0, 0.05) is 44.7 Å². The van der Waals surface area contributed by atoms with Crippen molar-refractivity contribution in [3.63, 3.8) is 0 Å². The van der Waals surface area contributed by atoms with Crippen LogP contribution in [0.4, 0.5) is 35.2 Å². The SMILES string of the molecule is CC(O)CN(CCC#N)c1nc(Cc2cc(S(=O)(=O)[O-])ccc2S(=O)(=O)[O-])nc(Nc2ccc(/C=C/c3ccc(Cc4nc(Nc5cc(S(=O)(=O)[O-])ccc5S(=O)(=O)[O-])nc(N(CCC#N)CC(C)O)n4)cc3S(=O)(=O)[O-])c(S(=O)(=O)[O-])c2)n1.[Na+].[Na+].[Na+].[Na+].[Na+].[Na+]. The Bertz CT molecular complexity index is 4110. The maximum Gasteiger partial charge on any atom is 1.00 e. The number of rotatable bonds is 26. The van der Waals surface area contributed by atoms with E-state index in [-0.39, 0.29) is 251 Å². The summed E-state index contributed by atoms with van der Waals surface area (Å²) in [5, 5.41) is 44.2. The zero-order valence-corrected chi connectivity index (χ0v) is 66.0. The van der Waals surface area contributed by atoms with Crippen LogP contribution < -0.4 is 198 Å². The molecule has 0 bridgehead atoms. The fourth-order valence-corrected chi connectivity index (χ4v) is 11.5. The molecule has 2 unspecified atom stereocenters. The minimum Gasteiger partial charge on any atom is -0.744 e. The molecule has 44 heteroatoms. The van der Waals surface area contributed by atoms with Crippen LogP contribution in [0.2, 0.25) is 0 Å². The number of nitriles is 2. The Balaban J connectivity index is 0.0000132. The van der Waals surface area contributed by atoms with Crippen molar-refractivity contribution in [1.82, 2.24) is 29.9 Å². The second-order valence-corrected chi connectivity index (χ2v) is 26.0. The van der Waals surface area contributed by atoms with Crippen molar-refractivity contribution >= 4 is 108 Å². The minimum atomic E-state index is -5.47. The fourth-order valence-electron chi connectivity index (χ4n) is 7.79. The number of hydrogen-bond acceptors (Lipinski definition) is 32. The second kappa shape index (κ2) is 37.1. The van der Waals surface area contributed by atoms with Crippen molar-refractivity contribution in [3.05, 3.63) is 107 Å². The number of benzene rings is 4. The van der Waals surface area contributed by atoms with Crippen LogP contribution in [-0.2, 0) is 73.6 Å². The number of nitrogens with zero attached hydrogens (tertiary/aromatic N) is 10. The molecule has 4 aromatic carbocycles. The van der Waals surface area contributed by atoms with Crippen molar-refractivity contribution in [2.45, 2.75) is 81.1 Å². The van der Waals surface area contributed by atoms with Gasteiger partial charge in [-0.25, -0.2) is 50.5 Å². The van der Waals surface area contributed by atoms with Gasteiger partial charge in [-0.05, 0) is 90.7 Å². The molecule has 0 aliphatic carbocycles. The smallest absolute Gasteiger partial charge is 0.744 e. The maximum absolute atomic E-state index is 12.8. The molecule has 448 valence electrons. The van der Waals surface area contributed by atoms with Crippen molar-refractivity contribution < 1.29 is 265 Å². The van der Waals surface area contributed by atoms with Gasteiger partial charge in [0.15, 0.2) is 0 Å². The Hall–Kier alpha value is -1.80. The number of hydrogen-bond donors (Lipinski definition) is 4. The first-order valence-electron chi connectivity index (χ1n) is 23.5. The Kier molecular flexibility index (Phi) is 36.3. The summed E-state index contributed by atoms with van der Waals surface area (Å²) in [4.78, 5) is 22.1. The van der Waals surface area contributed by atoms with Gasteiger partial charge >= 0.3 is 177 Å². The molecule has 0 spiro atoms. The normalized spacial score (nSPS) is 12.3. The van der Waals surface area contributed by atoms with Crippen LogP contribution in [0.1, 0.15) is 60.6 Å². The van der Waals surface area contributed by atoms with Gasteiger partial charge in [-0.1, -0.05) is 30.4 Å². The Morgan fingerprint density at radius 1 is 0.489 bits per heavy atom. The Morgan fingerprint density at radius 2 is 0.900 bits per heavy atom. The molecule has 90 heavy (non-hydrogen) atoms. The van der Waals surface area contributed by atoms with Crippen LogP contribution in [0.3, 0.4) is 0 Å². The summed E-state index contributed by atoms with van der Waals surface area (Å²) in [6.07, 6.45) is -1.90. The van der Waals surface area contributed by atoms with E-state index >= 15 is 0 Å². The van der Waals surface area contributed by atoms with E-state index in [1.165, 1.54) is 29.7 Å². The molecule has 2 atom stereocenters. The topological polar surface area (TPSA) is 539 Å². The molecule has 0 fully saturated rings. The summed E-state index contributed by atoms with van der Waals surface area (Å²) in [5.41, 5.74) is -2.40. The van der Waals surface area contributed by atoms with E-state index in [0.29, 0.717) is 36.4 Å². The monoisotopic (exact) mass is 1410 g/mol. The van der Waals surface area contributed by atoms with E-state index < -0.39 is 150 Å². The first kappa shape index (κ1) is 88.2. The molecule has 32 nitrogen and oxygen atoms in total. The molecule has 6 rings (SSSR count). The average molecular weight is 1410 g/mol. The van der Waals surface area contributed by atoms with Crippen molar-refractivity contribution in [3.8, 4) is 12.1 Å². The minimum absolute atomic E-state index is 0. The molecule has 0 amide bonds. The van der Waals surface area contributed by atoms with Gasteiger partial charge in [-0.15, -0.1) is 0 Å². The zero-order valence-electron chi connectivity index (χ0n) is 49.1. The molecule has 0 aliphatic rings. The quantitative estimate of drug-likeness (QED) is 0.0222. The standard InChI is InChI=1S/C46H48N12O20S6.6Na/c1-27(59)25-57(17-3-15-47)45-53-41(51-44(56-45)50-36-24-35(80(64,65)66)12-14-38(36)82(70,71)72)20-29-5-6-30(39(19-29)83(73,74)75)7-8-31-9-10-33(23-40(31)84(76,77)78)49-43-52-42(54-46(55-43)58(18-4-16-48)26-28(2)60)22-32-21-34(79(61,62)63)11-13-37(32)81(67,68)69;;;;;;/h5-14,19,21,23-24,27-28,59-60H,3-4,17-18,20,22,25-26H2,1-2H3,(H,61,62,63)(H,64,65,66)(H,67,68,69)(H,70,71,72)(H,73,74,75)(H,76,77,78)(H,49,52,54,55)(H,50,51,53,56);;;;;;/q;6*+1/p-6/b8-7+;;;;;;. The Morgan fingerprint density at radius 3 is 1.33 bits per heavy atom. The predicted molar refractivity (Wildman–Crippen MR) is 283 cm³/mol. The van der Waals surface area contributed by atoms with Crippen LogP contribution in [0, 0.1) is 22.7 Å². The zero-order chi connectivity index (χ0) is 62.3. The predicted octanol–water partition coefficient (Wildman–Crippen LogP) is -17.5. The van der Waals surface area contributed by atoms with Gasteiger partial charge < -0.3 is 58.0 Å². The molecule has 0 saturated carbocycles. The van der Waals surface area contributed by atoms with Crippen molar-refractivity contribution in [2.75, 3.05) is 46.6 Å². The maximum atomic E-state index is 12.8. The van der Waals surface area contributed by atoms with Crippen LogP contribution in [-0.4, -0.2) is 156 Å². The third-order valence-corrected chi connectivity index (χ3v) is 16.5. The molecule has 4 N–H and O–H groups in total. The van der Waals surface area contributed by atoms with E-state index in [0.717, 1.165) is 42.5 Å². The molecule has 0 saturated heterocycles. The van der Waals surface area contributed by atoms with Crippen LogP contribution >= 0.6 is 0 Å². The van der Waals surface area contributed by atoms with Gasteiger partial charge in [-0.3, -0.25) is 0 Å². The number of aliphatic hydroxyl groups is 2. The summed E-state index contributed by atoms with van der Waals surface area (Å²) < 4.78 is 221. The number of aliphatic hydroxyl groups excluding tert-OH is 2. The first-order valence-corrected chi connectivity index (χ1v) is 32.0. The molecule has 2 aromatic heterocycles. The molecule has 0 radical (unpaired) electrons. The third-order valence-electron chi connectivity index (χ3n) is 11.2. The number of nitrogens with one attached hydrogen (secondary N) is 2. The van der Waals surface area contributed by atoms with Gasteiger partial charge in [0.25, 0.3) is 0 Å². The average Bonchev–Trinajstić information content (AvgIpc) is 1.23. The second-order valence-electron chi connectivity index (χ2n) is 17.9. The third kappa shape index (κ3) is 26.0. The van der Waals surface area contributed by atoms with Gasteiger partial charge in [0.1, 0.15) is 72.4 Å². The molecular formula is C46H42N12Na6O20S6. The van der Waals surface area contributed by atoms with Crippen molar-refractivity contribution in [2.24, 2.45) is 0 Å². The van der Waals surface area contributed by atoms with Crippen LogP contribution in [0.15, 0.2) is 102 Å². The largest absolute Gasteiger partial charge is 1.00 e. The Labute approximate surface area is 650 Å². The van der Waals surface area contributed by atoms with E-state index in [4.69, 9.17) is 0 Å². The number of anilines is 6. The van der Waals surface area contributed by atoms with Crippen LogP contribution in [0.25, 0.3) is 12.2 Å². The summed E-state index contributed by atoms with van der Waals surface area (Å²) >= 11 is 0. The molecular weight excluding hydrogens is 1370 g/mol.